The summed E-state index contributed by atoms with van der Waals surface area (Å²) < 4.78 is 25.4. The van der Waals surface area contributed by atoms with Gasteiger partial charge in [0.2, 0.25) is 0 Å². The minimum atomic E-state index is -1.14. The van der Waals surface area contributed by atoms with Crippen molar-refractivity contribution in [2.24, 2.45) is 11.7 Å². The second-order valence-corrected chi connectivity index (χ2v) is 10.4. The van der Waals surface area contributed by atoms with E-state index in [9.17, 15) is 18.8 Å². The van der Waals surface area contributed by atoms with E-state index in [-0.39, 0.29) is 36.6 Å². The molecule has 0 spiro atoms. The van der Waals surface area contributed by atoms with Gasteiger partial charge in [-0.3, -0.25) is 14.5 Å². The van der Waals surface area contributed by atoms with Crippen molar-refractivity contribution in [3.05, 3.63) is 111 Å². The third kappa shape index (κ3) is 4.81. The summed E-state index contributed by atoms with van der Waals surface area (Å²) in [5.74, 6) is -4.99. The van der Waals surface area contributed by atoms with Gasteiger partial charge in [-0.1, -0.05) is 36.4 Å². The van der Waals surface area contributed by atoms with Crippen LogP contribution in [0.3, 0.4) is 0 Å². The molecule has 3 unspecified atom stereocenters. The minimum absolute atomic E-state index is 0.0144. The number of carbonyl (C=O) groups excluding carboxylic acids is 3. The highest BCUT2D eigenvalue weighted by Crippen LogP contribution is 2.52. The molecule has 0 fully saturated rings. The molecule has 5 rings (SSSR count). The molecule has 0 radical (unpaired) electrons. The number of hydrogen-bond donors (Lipinski definition) is 1. The Kier molecular flexibility index (Phi) is 7.84. The topological polar surface area (TPSA) is 98.9 Å². The summed E-state index contributed by atoms with van der Waals surface area (Å²) in [5, 5.41) is 1.89. The number of allylic oxidation sites excluding steroid dienone is 2. The van der Waals surface area contributed by atoms with Gasteiger partial charge in [0.05, 0.1) is 24.7 Å². The molecule has 3 aromatic rings. The molecular weight excluding hydrogens is 531 g/mol. The molecule has 7 nitrogen and oxygen atoms in total. The molecule has 1 aliphatic carbocycles. The van der Waals surface area contributed by atoms with E-state index in [0.29, 0.717) is 16.9 Å². The minimum Gasteiger partial charge on any atom is -0.465 e. The van der Waals surface area contributed by atoms with Crippen LogP contribution in [0.15, 0.2) is 94.8 Å². The fraction of sp³-hybridized carbons (Fsp3) is 0.258. The largest absolute Gasteiger partial charge is 0.465 e. The van der Waals surface area contributed by atoms with Crippen molar-refractivity contribution in [3.8, 4) is 0 Å². The Bertz CT molecular complexity index is 1500. The predicted octanol–water partition coefficient (Wildman–Crippen LogP) is 5.41. The number of nitrogens with zero attached hydrogens (tertiary/aromatic N) is 1. The second kappa shape index (κ2) is 11.5. The number of Topliss-reactive ketones (excluding diaryl/α,β-unsaturated/α-hetero) is 1. The molecule has 2 heterocycles. The van der Waals surface area contributed by atoms with Crippen molar-refractivity contribution in [1.82, 2.24) is 0 Å². The van der Waals surface area contributed by atoms with Crippen LogP contribution in [0.4, 0.5) is 10.1 Å². The quantitative estimate of drug-likeness (QED) is 0.305. The number of anilines is 1. The summed E-state index contributed by atoms with van der Waals surface area (Å²) in [6, 6.07) is 18.6. The average molecular weight is 561 g/mol. The smallest absolute Gasteiger partial charge is 0.338 e. The van der Waals surface area contributed by atoms with Crippen LogP contribution in [0.1, 0.15) is 42.5 Å². The van der Waals surface area contributed by atoms with Crippen molar-refractivity contribution in [3.63, 3.8) is 0 Å². The highest BCUT2D eigenvalue weighted by molar-refractivity contribution is 7.10. The van der Waals surface area contributed by atoms with Gasteiger partial charge in [0.25, 0.3) is 0 Å². The zero-order chi connectivity index (χ0) is 28.4. The Labute approximate surface area is 235 Å². The first-order valence-corrected chi connectivity index (χ1v) is 14.0. The molecule has 2 N–H and O–H groups in total. The molecule has 40 heavy (non-hydrogen) atoms. The molecule has 2 aliphatic rings. The van der Waals surface area contributed by atoms with E-state index in [0.717, 1.165) is 4.88 Å². The Morgan fingerprint density at radius 1 is 1.02 bits per heavy atom. The fourth-order valence-electron chi connectivity index (χ4n) is 5.60. The normalized spacial score (nSPS) is 20.8. The number of para-hydroxylation sites is 1. The first-order valence-electron chi connectivity index (χ1n) is 13.1. The molecule has 0 bridgehead atoms. The Morgan fingerprint density at radius 3 is 2.42 bits per heavy atom. The van der Waals surface area contributed by atoms with E-state index in [1.54, 1.807) is 24.8 Å². The number of thiophene rings is 1. The first kappa shape index (κ1) is 27.3. The molecule has 1 aliphatic heterocycles. The predicted molar refractivity (Wildman–Crippen MR) is 150 cm³/mol. The van der Waals surface area contributed by atoms with Gasteiger partial charge < -0.3 is 15.2 Å². The van der Waals surface area contributed by atoms with E-state index >= 15 is 0 Å². The molecule has 3 atom stereocenters. The van der Waals surface area contributed by atoms with Crippen LogP contribution in [0.5, 0.6) is 0 Å². The number of nitrogens with two attached hydrogens (primary N) is 1. The molecule has 0 amide bonds. The highest BCUT2D eigenvalue weighted by Gasteiger charge is 2.51. The van der Waals surface area contributed by atoms with Crippen molar-refractivity contribution >= 4 is 34.7 Å². The third-order valence-corrected chi connectivity index (χ3v) is 8.18. The summed E-state index contributed by atoms with van der Waals surface area (Å²) >= 11 is 1.45. The number of rotatable bonds is 7. The maximum Gasteiger partial charge on any atom is 0.338 e. The number of hydrogen-bond acceptors (Lipinski definition) is 8. The van der Waals surface area contributed by atoms with Crippen LogP contribution in [0.2, 0.25) is 0 Å². The van der Waals surface area contributed by atoms with Crippen molar-refractivity contribution in [2.75, 3.05) is 18.1 Å². The zero-order valence-electron chi connectivity index (χ0n) is 22.1. The van der Waals surface area contributed by atoms with Gasteiger partial charge in [0.15, 0.2) is 5.78 Å². The maximum atomic E-state index is 14.6. The lowest BCUT2D eigenvalue weighted by Gasteiger charge is -2.43. The number of benzene rings is 2. The summed E-state index contributed by atoms with van der Waals surface area (Å²) in [4.78, 5) is 44.0. The van der Waals surface area contributed by atoms with E-state index in [4.69, 9.17) is 15.2 Å². The molecule has 0 saturated heterocycles. The molecule has 0 saturated carbocycles. The maximum absolute atomic E-state index is 14.6. The van der Waals surface area contributed by atoms with Crippen LogP contribution in [-0.2, 0) is 23.9 Å². The second-order valence-electron chi connectivity index (χ2n) is 9.46. The van der Waals surface area contributed by atoms with Crippen molar-refractivity contribution in [1.29, 1.82) is 0 Å². The zero-order valence-corrected chi connectivity index (χ0v) is 23.0. The number of carbonyl (C=O) groups is 3. The molecule has 206 valence electrons. The van der Waals surface area contributed by atoms with Crippen LogP contribution < -0.4 is 10.6 Å². The summed E-state index contributed by atoms with van der Waals surface area (Å²) in [5.41, 5.74) is 8.56. The van der Waals surface area contributed by atoms with Gasteiger partial charge in [0, 0.05) is 27.8 Å². The molecule has 9 heteroatoms. The Morgan fingerprint density at radius 2 is 1.77 bits per heavy atom. The average Bonchev–Trinajstić information content (AvgIpc) is 3.48. The third-order valence-electron chi connectivity index (χ3n) is 7.18. The van der Waals surface area contributed by atoms with Crippen LogP contribution in [0.25, 0.3) is 0 Å². The van der Waals surface area contributed by atoms with E-state index in [1.807, 2.05) is 47.8 Å². The molecule has 2 aromatic carbocycles. The van der Waals surface area contributed by atoms with Gasteiger partial charge in [-0.2, -0.15) is 0 Å². The summed E-state index contributed by atoms with van der Waals surface area (Å²) in [6.45, 7) is 3.53. The van der Waals surface area contributed by atoms with Gasteiger partial charge in [0.1, 0.15) is 17.6 Å². The van der Waals surface area contributed by atoms with Gasteiger partial charge >= 0.3 is 11.9 Å². The molecular formula is C31H29FN2O5S. The number of ketones is 1. The van der Waals surface area contributed by atoms with Crippen LogP contribution in [-0.4, -0.2) is 30.9 Å². The standard InChI is InChI=1S/C31H29FN2O5S/c1-3-38-30(36)25-21(23-14-9-15-40-23)17-22-26(28(25)35)24(18-10-8-11-19(32)16-18)27(31(37)39-4-2)29(33)34(22)20-12-6-5-7-13-20/h5-16,21,24-25H,3-4,17,33H2,1-2H3. The van der Waals surface area contributed by atoms with Crippen LogP contribution >= 0.6 is 11.3 Å². The SMILES string of the molecule is CCOC(=O)C1=C(N)N(c2ccccc2)C2=C(C(=O)C(C(=O)OCC)C(c3cccs3)C2)C1c1cccc(F)c1. The van der Waals surface area contributed by atoms with Gasteiger partial charge in [-0.25, -0.2) is 9.18 Å². The van der Waals surface area contributed by atoms with Crippen molar-refractivity contribution in [2.45, 2.75) is 32.1 Å². The lowest BCUT2D eigenvalue weighted by molar-refractivity contribution is -0.152. The van der Waals surface area contributed by atoms with Gasteiger partial charge in [-0.15, -0.1) is 11.3 Å². The van der Waals surface area contributed by atoms with Crippen LogP contribution in [0, 0.1) is 11.7 Å². The number of ether oxygens (including phenoxy) is 2. The van der Waals surface area contributed by atoms with E-state index in [1.165, 1.54) is 29.5 Å². The van der Waals surface area contributed by atoms with Gasteiger partial charge in [-0.05, 0) is 61.5 Å². The molecule has 1 aromatic heterocycles. The van der Waals surface area contributed by atoms with E-state index in [2.05, 4.69) is 0 Å². The summed E-state index contributed by atoms with van der Waals surface area (Å²) in [6.07, 6.45) is 0.266. The Hall–Kier alpha value is -4.24. The van der Waals surface area contributed by atoms with E-state index < -0.39 is 41.3 Å². The first-order chi connectivity index (χ1) is 19.4. The lowest BCUT2D eigenvalue weighted by Crippen LogP contribution is -2.46. The lowest BCUT2D eigenvalue weighted by atomic mass is 9.68. The monoisotopic (exact) mass is 560 g/mol. The Balaban J connectivity index is 1.81. The number of esters is 2. The number of halogens is 1. The van der Waals surface area contributed by atoms with Crippen molar-refractivity contribution < 1.29 is 28.2 Å². The fourth-order valence-corrected chi connectivity index (χ4v) is 6.47. The summed E-state index contributed by atoms with van der Waals surface area (Å²) in [7, 11) is 0. The highest BCUT2D eigenvalue weighted by atomic mass is 32.1.